The fourth-order valence-electron chi connectivity index (χ4n) is 2.17. The highest BCUT2D eigenvalue weighted by Crippen LogP contribution is 2.18. The summed E-state index contributed by atoms with van der Waals surface area (Å²) in [5, 5.41) is 11.1. The van der Waals surface area contributed by atoms with Gasteiger partial charge >= 0.3 is 5.97 Å². The fraction of sp³-hybridized carbons (Fsp3) is 0.538. The molecule has 1 N–H and O–H groups in total. The lowest BCUT2D eigenvalue weighted by atomic mass is 10.0. The molecule has 1 saturated heterocycles. The predicted octanol–water partition coefficient (Wildman–Crippen LogP) is 1.24. The quantitative estimate of drug-likeness (QED) is 0.903. The van der Waals surface area contributed by atoms with Crippen LogP contribution in [0.5, 0.6) is 0 Å². The Labute approximate surface area is 115 Å². The summed E-state index contributed by atoms with van der Waals surface area (Å²) >= 11 is 1.61. The van der Waals surface area contributed by atoms with Crippen LogP contribution in [0.1, 0.15) is 11.8 Å². The monoisotopic (exact) mass is 283 g/mol. The van der Waals surface area contributed by atoms with Gasteiger partial charge in [0.15, 0.2) is 6.04 Å². The summed E-state index contributed by atoms with van der Waals surface area (Å²) in [5.74, 6) is -1.32. The molecule has 1 aliphatic heterocycles. The third-order valence-electron chi connectivity index (χ3n) is 3.21. The van der Waals surface area contributed by atoms with Crippen LogP contribution < -0.4 is 0 Å². The van der Waals surface area contributed by atoms with Crippen LogP contribution in [0.15, 0.2) is 17.5 Å². The van der Waals surface area contributed by atoms with Gasteiger partial charge in [-0.1, -0.05) is 13.0 Å². The van der Waals surface area contributed by atoms with Crippen molar-refractivity contribution in [1.82, 2.24) is 4.90 Å². The number of ether oxygens (including phenoxy) is 1. The minimum absolute atomic E-state index is 0.0762. The first kappa shape index (κ1) is 14.0. The number of carbonyl (C=O) groups excluding carboxylic acids is 1. The minimum Gasteiger partial charge on any atom is -0.480 e. The number of morpholine rings is 1. The summed E-state index contributed by atoms with van der Waals surface area (Å²) in [6.45, 7) is 2.68. The topological polar surface area (TPSA) is 66.8 Å². The summed E-state index contributed by atoms with van der Waals surface area (Å²) in [7, 11) is 0. The van der Waals surface area contributed by atoms with Crippen molar-refractivity contribution in [2.45, 2.75) is 19.4 Å². The summed E-state index contributed by atoms with van der Waals surface area (Å²) in [6.07, 6.45) is 0.653. The van der Waals surface area contributed by atoms with Gasteiger partial charge in [-0.25, -0.2) is 4.79 Å². The smallest absolute Gasteiger partial charge is 0.328 e. The molecule has 1 fully saturated rings. The number of aliphatic carboxylic acids is 1. The Hall–Kier alpha value is -1.40. The number of carboxylic acid groups (broad SMARTS) is 1. The summed E-state index contributed by atoms with van der Waals surface area (Å²) in [6, 6.07) is 3.08. The predicted molar refractivity (Wildman–Crippen MR) is 71.1 cm³/mol. The normalized spacial score (nSPS) is 21.1. The second-order valence-electron chi connectivity index (χ2n) is 4.65. The fourth-order valence-corrected chi connectivity index (χ4v) is 3.01. The second kappa shape index (κ2) is 6.16. The van der Waals surface area contributed by atoms with Crippen LogP contribution in [-0.4, -0.2) is 47.7 Å². The number of nitrogens with zero attached hydrogens (tertiary/aromatic N) is 1. The molecule has 19 heavy (non-hydrogen) atoms. The van der Waals surface area contributed by atoms with Gasteiger partial charge in [-0.2, -0.15) is 0 Å². The molecule has 0 aromatic carbocycles. The number of thiophene rings is 1. The lowest BCUT2D eigenvalue weighted by molar-refractivity contribution is -0.160. The van der Waals surface area contributed by atoms with Crippen molar-refractivity contribution in [3.63, 3.8) is 0 Å². The number of hydrogen-bond acceptors (Lipinski definition) is 4. The van der Waals surface area contributed by atoms with E-state index in [-0.39, 0.29) is 18.4 Å². The molecule has 5 nitrogen and oxygen atoms in total. The molecule has 0 bridgehead atoms. The van der Waals surface area contributed by atoms with Crippen LogP contribution in [0.2, 0.25) is 0 Å². The molecule has 104 valence electrons. The molecule has 2 atom stereocenters. The highest BCUT2D eigenvalue weighted by atomic mass is 32.1. The van der Waals surface area contributed by atoms with Crippen molar-refractivity contribution in [2.24, 2.45) is 5.92 Å². The van der Waals surface area contributed by atoms with E-state index >= 15 is 0 Å². The van der Waals surface area contributed by atoms with Gasteiger partial charge in [-0.15, -0.1) is 11.3 Å². The molecule has 2 heterocycles. The highest BCUT2D eigenvalue weighted by molar-refractivity contribution is 7.09. The van der Waals surface area contributed by atoms with E-state index in [1.165, 1.54) is 4.90 Å². The zero-order chi connectivity index (χ0) is 13.8. The maximum atomic E-state index is 12.4. The Morgan fingerprint density at radius 2 is 2.42 bits per heavy atom. The van der Waals surface area contributed by atoms with Gasteiger partial charge in [0.25, 0.3) is 0 Å². The summed E-state index contributed by atoms with van der Waals surface area (Å²) in [4.78, 5) is 26.1. The van der Waals surface area contributed by atoms with E-state index in [1.807, 2.05) is 24.4 Å². The van der Waals surface area contributed by atoms with Crippen molar-refractivity contribution in [2.75, 3.05) is 19.8 Å². The van der Waals surface area contributed by atoms with Crippen LogP contribution in [0.4, 0.5) is 0 Å². The molecule has 6 heteroatoms. The molecule has 1 aliphatic rings. The van der Waals surface area contributed by atoms with Gasteiger partial charge in [0, 0.05) is 17.3 Å². The van der Waals surface area contributed by atoms with Crippen LogP contribution in [0, 0.1) is 5.92 Å². The van der Waals surface area contributed by atoms with E-state index in [4.69, 9.17) is 9.84 Å². The van der Waals surface area contributed by atoms with Gasteiger partial charge in [-0.3, -0.25) is 4.79 Å². The number of carboxylic acids is 1. The van der Waals surface area contributed by atoms with E-state index < -0.39 is 12.0 Å². The van der Waals surface area contributed by atoms with Crippen molar-refractivity contribution < 1.29 is 19.4 Å². The van der Waals surface area contributed by atoms with E-state index in [0.29, 0.717) is 19.6 Å². The lowest BCUT2D eigenvalue weighted by Crippen LogP contribution is -2.54. The molecule has 0 unspecified atom stereocenters. The molecular weight excluding hydrogens is 266 g/mol. The standard InChI is InChI=1S/C13H17NO4S/c1-9(7-10-3-2-6-19-10)12(15)14-4-5-18-8-11(14)13(16)17/h2-3,6,9,11H,4-5,7-8H2,1H3,(H,16,17)/t9-,11+/m1/s1. The van der Waals surface area contributed by atoms with E-state index in [9.17, 15) is 9.59 Å². The van der Waals surface area contributed by atoms with Gasteiger partial charge in [-0.05, 0) is 17.9 Å². The molecule has 1 aromatic heterocycles. The number of amides is 1. The van der Waals surface area contributed by atoms with Crippen molar-refractivity contribution >= 4 is 23.2 Å². The van der Waals surface area contributed by atoms with Crippen molar-refractivity contribution in [3.05, 3.63) is 22.4 Å². The molecule has 1 amide bonds. The van der Waals surface area contributed by atoms with Crippen molar-refractivity contribution in [3.8, 4) is 0 Å². The first-order chi connectivity index (χ1) is 9.09. The Kier molecular flexibility index (Phi) is 4.55. The third-order valence-corrected chi connectivity index (χ3v) is 4.10. The van der Waals surface area contributed by atoms with Gasteiger partial charge in [0.2, 0.25) is 5.91 Å². The molecule has 1 aromatic rings. The Morgan fingerprint density at radius 3 is 3.05 bits per heavy atom. The number of hydrogen-bond donors (Lipinski definition) is 1. The van der Waals surface area contributed by atoms with Gasteiger partial charge in [0.1, 0.15) is 0 Å². The summed E-state index contributed by atoms with van der Waals surface area (Å²) < 4.78 is 5.14. The Morgan fingerprint density at radius 1 is 1.63 bits per heavy atom. The Bertz CT molecular complexity index is 446. The molecule has 0 saturated carbocycles. The maximum Gasteiger partial charge on any atom is 0.328 e. The number of carbonyl (C=O) groups is 2. The molecule has 0 aliphatic carbocycles. The van der Waals surface area contributed by atoms with Crippen LogP contribution in [-0.2, 0) is 20.7 Å². The van der Waals surface area contributed by atoms with E-state index in [2.05, 4.69) is 0 Å². The zero-order valence-electron chi connectivity index (χ0n) is 10.7. The van der Waals surface area contributed by atoms with Crippen molar-refractivity contribution in [1.29, 1.82) is 0 Å². The largest absolute Gasteiger partial charge is 0.480 e. The third kappa shape index (κ3) is 3.33. The average Bonchev–Trinajstić information content (AvgIpc) is 2.90. The first-order valence-corrected chi connectivity index (χ1v) is 7.11. The van der Waals surface area contributed by atoms with Crippen LogP contribution >= 0.6 is 11.3 Å². The first-order valence-electron chi connectivity index (χ1n) is 6.23. The Balaban J connectivity index is 2.02. The molecule has 2 rings (SSSR count). The lowest BCUT2D eigenvalue weighted by Gasteiger charge is -2.34. The minimum atomic E-state index is -1.00. The van der Waals surface area contributed by atoms with Gasteiger partial charge in [0.05, 0.1) is 13.2 Å². The summed E-state index contributed by atoms with van der Waals surface area (Å²) in [5.41, 5.74) is 0. The van der Waals surface area contributed by atoms with Crippen LogP contribution in [0.25, 0.3) is 0 Å². The second-order valence-corrected chi connectivity index (χ2v) is 5.68. The van der Waals surface area contributed by atoms with Crippen LogP contribution in [0.3, 0.4) is 0 Å². The zero-order valence-corrected chi connectivity index (χ0v) is 11.6. The van der Waals surface area contributed by atoms with E-state index in [0.717, 1.165) is 4.88 Å². The highest BCUT2D eigenvalue weighted by Gasteiger charge is 2.34. The SMILES string of the molecule is C[C@H](Cc1cccs1)C(=O)N1CCOC[C@H]1C(=O)O. The molecule has 0 spiro atoms. The maximum absolute atomic E-state index is 12.4. The average molecular weight is 283 g/mol. The van der Waals surface area contributed by atoms with E-state index in [1.54, 1.807) is 11.3 Å². The molecular formula is C13H17NO4S. The molecule has 0 radical (unpaired) electrons. The van der Waals surface area contributed by atoms with Gasteiger partial charge < -0.3 is 14.7 Å². The number of rotatable bonds is 4.